The number of aromatic amines is 1. The first-order valence-electron chi connectivity index (χ1n) is 11.6. The van der Waals surface area contributed by atoms with Gasteiger partial charge in [-0.05, 0) is 30.7 Å². The highest BCUT2D eigenvalue weighted by Gasteiger charge is 2.34. The highest BCUT2D eigenvalue weighted by Crippen LogP contribution is 2.30. The van der Waals surface area contributed by atoms with Crippen molar-refractivity contribution in [2.75, 3.05) is 25.0 Å². The van der Waals surface area contributed by atoms with E-state index in [0.717, 1.165) is 27.2 Å². The Morgan fingerprint density at radius 2 is 2.11 bits per heavy atom. The number of aliphatic hydroxyl groups is 1. The summed E-state index contributed by atoms with van der Waals surface area (Å²) in [5.41, 5.74) is 3.69. The summed E-state index contributed by atoms with van der Waals surface area (Å²) >= 11 is 1.52. The summed E-state index contributed by atoms with van der Waals surface area (Å²) in [5, 5.41) is 13.2. The van der Waals surface area contributed by atoms with Crippen molar-refractivity contribution in [2.45, 2.75) is 32.3 Å². The first kappa shape index (κ1) is 23.3. The lowest BCUT2D eigenvalue weighted by atomic mass is 10.1. The number of carbonyl (C=O) groups is 1. The molecule has 4 aromatic rings. The Balaban J connectivity index is 1.33. The molecule has 0 radical (unpaired) electrons. The second-order valence-electron chi connectivity index (χ2n) is 8.60. The zero-order chi connectivity index (χ0) is 24.2. The highest BCUT2D eigenvalue weighted by molar-refractivity contribution is 7.15. The van der Waals surface area contributed by atoms with E-state index in [1.54, 1.807) is 18.0 Å². The average molecular weight is 493 g/mol. The number of piperazine rings is 1. The Morgan fingerprint density at radius 1 is 1.26 bits per heavy atom. The van der Waals surface area contributed by atoms with Gasteiger partial charge in [0, 0.05) is 49.1 Å². The summed E-state index contributed by atoms with van der Waals surface area (Å²) in [5.74, 6) is 0. The molecule has 1 fully saturated rings. The van der Waals surface area contributed by atoms with E-state index in [0.29, 0.717) is 31.3 Å². The summed E-state index contributed by atoms with van der Waals surface area (Å²) in [4.78, 5) is 30.6. The fraction of sp³-hybridized carbons (Fsp3) is 0.320. The van der Waals surface area contributed by atoms with Crippen LogP contribution >= 0.6 is 11.3 Å². The van der Waals surface area contributed by atoms with E-state index < -0.39 is 6.23 Å². The number of fused-ring (bicyclic) bond motifs is 1. The average Bonchev–Trinajstić information content (AvgIpc) is 3.49. The van der Waals surface area contributed by atoms with E-state index in [4.69, 9.17) is 4.74 Å². The number of pyridine rings is 1. The van der Waals surface area contributed by atoms with E-state index in [1.165, 1.54) is 11.3 Å². The number of rotatable bonds is 7. The molecular formula is C25H28N6O3S. The van der Waals surface area contributed by atoms with Crippen LogP contribution in [-0.2, 0) is 17.9 Å². The Labute approximate surface area is 207 Å². The molecule has 9 nitrogen and oxygen atoms in total. The van der Waals surface area contributed by atoms with Crippen molar-refractivity contribution in [1.29, 1.82) is 0 Å². The molecule has 0 spiro atoms. The van der Waals surface area contributed by atoms with E-state index in [2.05, 4.69) is 25.2 Å². The van der Waals surface area contributed by atoms with Crippen LogP contribution in [0.2, 0.25) is 0 Å². The van der Waals surface area contributed by atoms with Crippen molar-refractivity contribution in [2.24, 2.45) is 0 Å². The maximum Gasteiger partial charge on any atom is 0.410 e. The van der Waals surface area contributed by atoms with Crippen LogP contribution in [0.15, 0.2) is 60.9 Å². The van der Waals surface area contributed by atoms with E-state index >= 15 is 0 Å². The predicted molar refractivity (Wildman–Crippen MR) is 135 cm³/mol. The molecular weight excluding hydrogens is 464 g/mol. The van der Waals surface area contributed by atoms with E-state index in [-0.39, 0.29) is 18.7 Å². The lowest BCUT2D eigenvalue weighted by molar-refractivity contribution is 0.0393. The normalized spacial score (nSPS) is 17.4. The number of amides is 1. The zero-order valence-electron chi connectivity index (χ0n) is 19.4. The van der Waals surface area contributed by atoms with Gasteiger partial charge >= 0.3 is 6.09 Å². The molecule has 0 bridgehead atoms. The minimum atomic E-state index is -0.653. The molecule has 1 aliphatic heterocycles. The Hall–Kier alpha value is -3.47. The third-order valence-electron chi connectivity index (χ3n) is 5.94. The number of H-pyrrole nitrogens is 1. The molecule has 1 aromatic carbocycles. The fourth-order valence-electron chi connectivity index (χ4n) is 4.27. The standard InChI is InChI=1S/C25H28N6O3S/c1-17(32)28-24-27-13-19(35-24)14-30-10-11-31(25(33)34-16-18-6-3-2-4-7-18)23(15-30)22-12-21-20(29-22)8-5-9-26-21/h2-9,12-13,17,23,29,32H,10-11,14-16H2,1H3,(H,27,28). The second kappa shape index (κ2) is 10.4. The Morgan fingerprint density at radius 3 is 2.91 bits per heavy atom. The van der Waals surface area contributed by atoms with Crippen molar-refractivity contribution in [3.63, 3.8) is 0 Å². The van der Waals surface area contributed by atoms with Crippen LogP contribution in [0.4, 0.5) is 9.93 Å². The van der Waals surface area contributed by atoms with E-state index in [1.807, 2.05) is 54.7 Å². The molecule has 1 aliphatic rings. The molecule has 0 saturated carbocycles. The minimum Gasteiger partial charge on any atom is -0.445 e. The number of nitrogens with zero attached hydrogens (tertiary/aromatic N) is 4. The number of thiazole rings is 1. The monoisotopic (exact) mass is 492 g/mol. The van der Waals surface area contributed by atoms with Gasteiger partial charge in [-0.25, -0.2) is 9.78 Å². The van der Waals surface area contributed by atoms with Crippen molar-refractivity contribution in [1.82, 2.24) is 24.8 Å². The number of aromatic nitrogens is 3. The van der Waals surface area contributed by atoms with Gasteiger partial charge in [-0.3, -0.25) is 14.8 Å². The van der Waals surface area contributed by atoms with Gasteiger partial charge in [-0.1, -0.05) is 30.3 Å². The molecule has 3 N–H and O–H groups in total. The maximum atomic E-state index is 13.2. The van der Waals surface area contributed by atoms with Gasteiger partial charge in [0.1, 0.15) is 12.8 Å². The number of hydrogen-bond acceptors (Lipinski definition) is 8. The van der Waals surface area contributed by atoms with Gasteiger partial charge in [0.15, 0.2) is 5.13 Å². The van der Waals surface area contributed by atoms with Crippen LogP contribution in [0, 0.1) is 0 Å². The van der Waals surface area contributed by atoms with Crippen molar-refractivity contribution in [3.8, 4) is 0 Å². The highest BCUT2D eigenvalue weighted by atomic mass is 32.1. The Bertz CT molecular complexity index is 1240. The number of benzene rings is 1. The smallest absolute Gasteiger partial charge is 0.410 e. The molecule has 4 heterocycles. The van der Waals surface area contributed by atoms with Crippen molar-refractivity contribution < 1.29 is 14.6 Å². The van der Waals surface area contributed by atoms with Crippen LogP contribution < -0.4 is 5.32 Å². The molecule has 1 saturated heterocycles. The van der Waals surface area contributed by atoms with Crippen LogP contribution in [0.5, 0.6) is 0 Å². The third kappa shape index (κ3) is 5.61. The zero-order valence-corrected chi connectivity index (χ0v) is 20.2. The number of aliphatic hydroxyl groups excluding tert-OH is 1. The van der Waals surface area contributed by atoms with Crippen molar-refractivity contribution in [3.05, 3.63) is 77.1 Å². The fourth-order valence-corrected chi connectivity index (χ4v) is 5.21. The quantitative estimate of drug-likeness (QED) is 0.335. The molecule has 5 rings (SSSR count). The van der Waals surface area contributed by atoms with Gasteiger partial charge < -0.3 is 20.1 Å². The molecule has 0 aliphatic carbocycles. The third-order valence-corrected chi connectivity index (χ3v) is 6.85. The molecule has 2 atom stereocenters. The van der Waals surface area contributed by atoms with Gasteiger partial charge in [-0.2, -0.15) is 0 Å². The van der Waals surface area contributed by atoms with Gasteiger partial charge in [0.2, 0.25) is 0 Å². The second-order valence-corrected chi connectivity index (χ2v) is 9.71. The molecule has 3 aromatic heterocycles. The topological polar surface area (TPSA) is 107 Å². The van der Waals surface area contributed by atoms with Crippen LogP contribution in [0.25, 0.3) is 11.0 Å². The molecule has 10 heteroatoms. The predicted octanol–water partition coefficient (Wildman–Crippen LogP) is 3.97. The number of ether oxygens (including phenoxy) is 1. The van der Waals surface area contributed by atoms with Crippen LogP contribution in [0.1, 0.15) is 29.1 Å². The lowest BCUT2D eigenvalue weighted by Gasteiger charge is -2.40. The molecule has 182 valence electrons. The SMILES string of the molecule is CC(O)Nc1ncc(CN2CCN(C(=O)OCc3ccccc3)C(c3cc4ncccc4[nH]3)C2)s1. The lowest BCUT2D eigenvalue weighted by Crippen LogP contribution is -2.50. The first-order valence-corrected chi connectivity index (χ1v) is 12.4. The van der Waals surface area contributed by atoms with Crippen LogP contribution in [0.3, 0.4) is 0 Å². The van der Waals surface area contributed by atoms with Crippen molar-refractivity contribution >= 4 is 33.6 Å². The summed E-state index contributed by atoms with van der Waals surface area (Å²) < 4.78 is 5.69. The minimum absolute atomic E-state index is 0.204. The number of nitrogens with one attached hydrogen (secondary N) is 2. The largest absolute Gasteiger partial charge is 0.445 e. The van der Waals surface area contributed by atoms with Gasteiger partial charge in [0.25, 0.3) is 0 Å². The number of carbonyl (C=O) groups excluding carboxylic acids is 1. The Kier molecular flexibility index (Phi) is 6.94. The summed E-state index contributed by atoms with van der Waals surface area (Å²) in [6.07, 6.45) is 2.62. The summed E-state index contributed by atoms with van der Waals surface area (Å²) in [6, 6.07) is 15.4. The van der Waals surface area contributed by atoms with E-state index in [9.17, 15) is 9.90 Å². The number of anilines is 1. The van der Waals surface area contributed by atoms with Gasteiger partial charge in [-0.15, -0.1) is 11.3 Å². The number of hydrogen-bond donors (Lipinski definition) is 3. The summed E-state index contributed by atoms with van der Waals surface area (Å²) in [7, 11) is 0. The summed E-state index contributed by atoms with van der Waals surface area (Å²) in [6.45, 7) is 4.51. The first-order chi connectivity index (χ1) is 17.0. The maximum absolute atomic E-state index is 13.2. The molecule has 35 heavy (non-hydrogen) atoms. The molecule has 2 unspecified atom stereocenters. The van der Waals surface area contributed by atoms with Crippen LogP contribution in [-0.4, -0.2) is 61.8 Å². The molecule has 1 amide bonds. The van der Waals surface area contributed by atoms with Gasteiger partial charge in [0.05, 0.1) is 17.1 Å².